The maximum atomic E-state index is 8.79. The fourth-order valence-corrected chi connectivity index (χ4v) is 2.13. The third-order valence-corrected chi connectivity index (χ3v) is 3.37. The number of aromatic nitrogens is 3. The lowest BCUT2D eigenvalue weighted by atomic mass is 10.1. The van der Waals surface area contributed by atoms with E-state index < -0.39 is 0 Å². The third-order valence-electron chi connectivity index (χ3n) is 3.37. The number of nitriles is 1. The quantitative estimate of drug-likeness (QED) is 0.707. The van der Waals surface area contributed by atoms with E-state index in [1.54, 1.807) is 0 Å². The molecular formula is C13H20N4O. The van der Waals surface area contributed by atoms with Gasteiger partial charge in [-0.15, -0.1) is 5.10 Å². The van der Waals surface area contributed by atoms with E-state index in [1.165, 1.54) is 12.8 Å². The Morgan fingerprint density at radius 2 is 2.17 bits per heavy atom. The van der Waals surface area contributed by atoms with Crippen molar-refractivity contribution in [2.24, 2.45) is 5.92 Å². The van der Waals surface area contributed by atoms with Gasteiger partial charge in [0.25, 0.3) is 0 Å². The molecule has 1 aliphatic rings. The molecule has 0 radical (unpaired) electrons. The summed E-state index contributed by atoms with van der Waals surface area (Å²) < 4.78 is 1.96. The molecule has 1 aliphatic carbocycles. The van der Waals surface area contributed by atoms with Crippen LogP contribution in [0, 0.1) is 17.2 Å². The molecule has 1 fully saturated rings. The number of aliphatic hydroxyl groups is 1. The van der Waals surface area contributed by atoms with Crippen LogP contribution in [0.15, 0.2) is 0 Å². The van der Waals surface area contributed by atoms with Crippen molar-refractivity contribution in [2.45, 2.75) is 51.5 Å². The third kappa shape index (κ3) is 3.54. The predicted octanol–water partition coefficient (Wildman–Crippen LogP) is 1.46. The highest BCUT2D eigenvalue weighted by atomic mass is 16.2. The lowest BCUT2D eigenvalue weighted by Gasteiger charge is -2.06. The standard InChI is InChI=1S/C13H20N4O/c14-7-6-12-13(10-11-4-5-11)17(16-15-12)8-2-1-3-9-18/h11,18H,1-6,8-10H2. The summed E-state index contributed by atoms with van der Waals surface area (Å²) in [4.78, 5) is 0. The highest BCUT2D eigenvalue weighted by molar-refractivity contribution is 5.16. The van der Waals surface area contributed by atoms with E-state index in [0.29, 0.717) is 6.42 Å². The van der Waals surface area contributed by atoms with Crippen molar-refractivity contribution in [1.82, 2.24) is 15.0 Å². The summed E-state index contributed by atoms with van der Waals surface area (Å²) in [5.41, 5.74) is 2.01. The molecular weight excluding hydrogens is 228 g/mol. The molecule has 5 heteroatoms. The molecule has 98 valence electrons. The van der Waals surface area contributed by atoms with Crippen LogP contribution in [-0.4, -0.2) is 26.7 Å². The Balaban J connectivity index is 1.96. The van der Waals surface area contributed by atoms with Crippen molar-refractivity contribution in [2.75, 3.05) is 6.61 Å². The van der Waals surface area contributed by atoms with Crippen molar-refractivity contribution in [3.8, 4) is 6.07 Å². The monoisotopic (exact) mass is 248 g/mol. The maximum absolute atomic E-state index is 8.79. The van der Waals surface area contributed by atoms with Crippen LogP contribution in [0.2, 0.25) is 0 Å². The van der Waals surface area contributed by atoms with Crippen molar-refractivity contribution >= 4 is 0 Å². The normalized spacial score (nSPS) is 14.7. The first-order valence-corrected chi connectivity index (χ1v) is 6.74. The molecule has 5 nitrogen and oxygen atoms in total. The molecule has 0 unspecified atom stereocenters. The summed E-state index contributed by atoms with van der Waals surface area (Å²) in [6.07, 6.45) is 6.82. The van der Waals surface area contributed by atoms with Gasteiger partial charge in [0.15, 0.2) is 0 Å². The van der Waals surface area contributed by atoms with Crippen LogP contribution in [0.25, 0.3) is 0 Å². The summed E-state index contributed by atoms with van der Waals surface area (Å²) in [6.45, 7) is 1.10. The van der Waals surface area contributed by atoms with Gasteiger partial charge in [-0.05, 0) is 44.4 Å². The largest absolute Gasteiger partial charge is 0.396 e. The molecule has 1 saturated carbocycles. The molecule has 0 saturated heterocycles. The molecule has 0 aromatic carbocycles. The van der Waals surface area contributed by atoms with Gasteiger partial charge in [-0.2, -0.15) is 5.26 Å². The fourth-order valence-electron chi connectivity index (χ4n) is 2.13. The van der Waals surface area contributed by atoms with Crippen LogP contribution in [0.5, 0.6) is 0 Å². The van der Waals surface area contributed by atoms with Gasteiger partial charge in [-0.25, -0.2) is 4.68 Å². The van der Waals surface area contributed by atoms with Gasteiger partial charge in [-0.3, -0.25) is 0 Å². The topological polar surface area (TPSA) is 74.7 Å². The molecule has 2 rings (SSSR count). The van der Waals surface area contributed by atoms with Gasteiger partial charge in [0.05, 0.1) is 23.9 Å². The van der Waals surface area contributed by atoms with Gasteiger partial charge in [0, 0.05) is 13.2 Å². The van der Waals surface area contributed by atoms with Gasteiger partial charge in [0.2, 0.25) is 0 Å². The van der Waals surface area contributed by atoms with E-state index in [9.17, 15) is 0 Å². The SMILES string of the molecule is N#CCc1nnn(CCCCCO)c1CC1CC1. The van der Waals surface area contributed by atoms with Crippen LogP contribution in [0.3, 0.4) is 0 Å². The van der Waals surface area contributed by atoms with Crippen LogP contribution >= 0.6 is 0 Å². The Kier molecular flexibility index (Phi) is 4.71. The summed E-state index contributed by atoms with van der Waals surface area (Å²) in [6, 6.07) is 2.16. The van der Waals surface area contributed by atoms with Gasteiger partial charge < -0.3 is 5.11 Å². The average molecular weight is 248 g/mol. The molecule has 0 spiro atoms. The number of aryl methyl sites for hydroxylation is 1. The zero-order valence-corrected chi connectivity index (χ0v) is 10.7. The van der Waals surface area contributed by atoms with Gasteiger partial charge in [0.1, 0.15) is 0 Å². The van der Waals surface area contributed by atoms with E-state index >= 15 is 0 Å². The predicted molar refractivity (Wildman–Crippen MR) is 66.7 cm³/mol. The second-order valence-corrected chi connectivity index (χ2v) is 4.97. The minimum atomic E-state index is 0.256. The number of aliphatic hydroxyl groups excluding tert-OH is 1. The zero-order chi connectivity index (χ0) is 12.8. The Morgan fingerprint density at radius 1 is 1.33 bits per heavy atom. The number of nitrogens with zero attached hydrogens (tertiary/aromatic N) is 4. The van der Waals surface area contributed by atoms with E-state index in [1.807, 2.05) is 4.68 Å². The molecule has 1 aromatic rings. The molecule has 1 heterocycles. The summed E-state index contributed by atoms with van der Waals surface area (Å²) in [7, 11) is 0. The second kappa shape index (κ2) is 6.50. The lowest BCUT2D eigenvalue weighted by Crippen LogP contribution is -2.07. The zero-order valence-electron chi connectivity index (χ0n) is 10.7. The number of rotatable bonds is 8. The summed E-state index contributed by atoms with van der Waals surface area (Å²) in [5.74, 6) is 0.775. The maximum Gasteiger partial charge on any atom is 0.0999 e. The molecule has 1 aromatic heterocycles. The Labute approximate surface area is 107 Å². The lowest BCUT2D eigenvalue weighted by molar-refractivity contribution is 0.281. The van der Waals surface area contributed by atoms with Gasteiger partial charge >= 0.3 is 0 Å². The smallest absolute Gasteiger partial charge is 0.0999 e. The average Bonchev–Trinajstić information content (AvgIpc) is 3.11. The Morgan fingerprint density at radius 3 is 2.83 bits per heavy atom. The minimum Gasteiger partial charge on any atom is -0.396 e. The minimum absolute atomic E-state index is 0.256. The van der Waals surface area contributed by atoms with E-state index in [0.717, 1.165) is 49.5 Å². The first-order chi connectivity index (χ1) is 8.85. The van der Waals surface area contributed by atoms with Crippen molar-refractivity contribution < 1.29 is 5.11 Å². The second-order valence-electron chi connectivity index (χ2n) is 4.97. The van der Waals surface area contributed by atoms with E-state index in [4.69, 9.17) is 10.4 Å². The number of unbranched alkanes of at least 4 members (excludes halogenated alkanes) is 2. The van der Waals surface area contributed by atoms with Crippen molar-refractivity contribution in [3.63, 3.8) is 0 Å². The van der Waals surface area contributed by atoms with E-state index in [-0.39, 0.29) is 6.61 Å². The highest BCUT2D eigenvalue weighted by Gasteiger charge is 2.25. The van der Waals surface area contributed by atoms with Crippen molar-refractivity contribution in [1.29, 1.82) is 5.26 Å². The first-order valence-electron chi connectivity index (χ1n) is 6.74. The Hall–Kier alpha value is -1.41. The van der Waals surface area contributed by atoms with Crippen LogP contribution in [-0.2, 0) is 19.4 Å². The molecule has 0 aliphatic heterocycles. The fraction of sp³-hybridized carbons (Fsp3) is 0.769. The Bertz CT molecular complexity index is 417. The molecule has 18 heavy (non-hydrogen) atoms. The van der Waals surface area contributed by atoms with Crippen LogP contribution in [0.1, 0.15) is 43.5 Å². The molecule has 1 N–H and O–H groups in total. The molecule has 0 atom stereocenters. The summed E-state index contributed by atoms with van der Waals surface area (Å²) >= 11 is 0. The molecule has 0 bridgehead atoms. The van der Waals surface area contributed by atoms with Crippen molar-refractivity contribution in [3.05, 3.63) is 11.4 Å². The molecule has 0 amide bonds. The number of hydrogen-bond acceptors (Lipinski definition) is 4. The van der Waals surface area contributed by atoms with Crippen LogP contribution < -0.4 is 0 Å². The highest BCUT2D eigenvalue weighted by Crippen LogP contribution is 2.33. The van der Waals surface area contributed by atoms with Gasteiger partial charge in [-0.1, -0.05) is 5.21 Å². The number of hydrogen-bond donors (Lipinski definition) is 1. The van der Waals surface area contributed by atoms with Crippen LogP contribution in [0.4, 0.5) is 0 Å². The summed E-state index contributed by atoms with van der Waals surface area (Å²) in [5, 5.41) is 25.8. The van der Waals surface area contributed by atoms with E-state index in [2.05, 4.69) is 16.4 Å². The first kappa shape index (κ1) is 13.0.